The van der Waals surface area contributed by atoms with E-state index in [1.807, 2.05) is 6.26 Å². The average Bonchev–Trinajstić information content (AvgIpc) is 1.68. The molecule has 1 unspecified atom stereocenters. The van der Waals surface area contributed by atoms with Crippen LogP contribution >= 0.6 is 11.8 Å². The number of rotatable bonds is 3. The lowest BCUT2D eigenvalue weighted by molar-refractivity contribution is 0.208. The summed E-state index contributed by atoms with van der Waals surface area (Å²) in [6, 6.07) is 0. The SMILES string of the molecule is CSCC(O)CN. The van der Waals surface area contributed by atoms with E-state index in [0.717, 1.165) is 5.75 Å². The number of hydrogen-bond acceptors (Lipinski definition) is 3. The second-order valence-corrected chi connectivity index (χ2v) is 2.26. The van der Waals surface area contributed by atoms with Gasteiger partial charge in [0.25, 0.3) is 0 Å². The van der Waals surface area contributed by atoms with Gasteiger partial charge in [0.2, 0.25) is 0 Å². The van der Waals surface area contributed by atoms with Crippen LogP contribution in [0.4, 0.5) is 0 Å². The molecular formula is C4H11NOS. The highest BCUT2D eigenvalue weighted by atomic mass is 32.2. The lowest BCUT2D eigenvalue weighted by Gasteiger charge is -2.01. The van der Waals surface area contributed by atoms with Gasteiger partial charge in [-0.05, 0) is 6.26 Å². The first-order valence-electron chi connectivity index (χ1n) is 2.18. The molecule has 3 heteroatoms. The third-order valence-corrected chi connectivity index (χ3v) is 1.35. The number of nitrogens with two attached hydrogens (primary N) is 1. The normalized spacial score (nSPS) is 14.1. The van der Waals surface area contributed by atoms with Crippen LogP contribution in [-0.2, 0) is 0 Å². The summed E-state index contributed by atoms with van der Waals surface area (Å²) in [6.45, 7) is 0.376. The molecule has 0 aliphatic rings. The van der Waals surface area contributed by atoms with Crippen molar-refractivity contribution in [2.45, 2.75) is 6.10 Å². The van der Waals surface area contributed by atoms with E-state index in [-0.39, 0.29) is 6.10 Å². The molecule has 0 aromatic heterocycles. The van der Waals surface area contributed by atoms with Crippen LogP contribution in [0.15, 0.2) is 0 Å². The molecule has 0 heterocycles. The van der Waals surface area contributed by atoms with Crippen LogP contribution in [0.2, 0.25) is 0 Å². The fourth-order valence-corrected chi connectivity index (χ4v) is 0.781. The zero-order valence-electron chi connectivity index (χ0n) is 4.42. The van der Waals surface area contributed by atoms with E-state index in [1.165, 1.54) is 0 Å². The van der Waals surface area contributed by atoms with Crippen LogP contribution < -0.4 is 5.73 Å². The van der Waals surface area contributed by atoms with Gasteiger partial charge >= 0.3 is 0 Å². The predicted molar refractivity (Wildman–Crippen MR) is 33.4 cm³/mol. The molecule has 1 atom stereocenters. The van der Waals surface area contributed by atoms with Gasteiger partial charge in [-0.1, -0.05) is 0 Å². The lowest BCUT2D eigenvalue weighted by atomic mass is 10.4. The molecule has 0 fully saturated rings. The van der Waals surface area contributed by atoms with Gasteiger partial charge in [0.15, 0.2) is 0 Å². The van der Waals surface area contributed by atoms with Crippen molar-refractivity contribution >= 4 is 11.8 Å². The van der Waals surface area contributed by atoms with Gasteiger partial charge in [-0.3, -0.25) is 0 Å². The molecule has 7 heavy (non-hydrogen) atoms. The third-order valence-electron chi connectivity index (χ3n) is 0.631. The van der Waals surface area contributed by atoms with E-state index in [1.54, 1.807) is 11.8 Å². The van der Waals surface area contributed by atoms with Crippen LogP contribution in [0, 0.1) is 0 Å². The molecule has 0 aliphatic carbocycles. The standard InChI is InChI=1S/C4H11NOS/c1-7-3-4(6)2-5/h4,6H,2-3,5H2,1H3. The Kier molecular flexibility index (Phi) is 4.60. The topological polar surface area (TPSA) is 46.2 Å². The van der Waals surface area contributed by atoms with Gasteiger partial charge in [-0.15, -0.1) is 0 Å². The Bertz CT molecular complexity index is 42.7. The molecule has 0 spiro atoms. The van der Waals surface area contributed by atoms with Crippen molar-refractivity contribution in [3.63, 3.8) is 0 Å². The summed E-state index contributed by atoms with van der Waals surface area (Å²) in [5.74, 6) is 0.747. The predicted octanol–water partition coefficient (Wildman–Crippen LogP) is -0.331. The smallest absolute Gasteiger partial charge is 0.0752 e. The molecule has 44 valence electrons. The van der Waals surface area contributed by atoms with Crippen molar-refractivity contribution in [2.75, 3.05) is 18.6 Å². The molecular weight excluding hydrogens is 110 g/mol. The van der Waals surface area contributed by atoms with Crippen molar-refractivity contribution in [2.24, 2.45) is 5.73 Å². The molecule has 0 radical (unpaired) electrons. The summed E-state index contributed by atoms with van der Waals surface area (Å²) in [7, 11) is 0. The molecule has 0 amide bonds. The summed E-state index contributed by atoms with van der Waals surface area (Å²) in [4.78, 5) is 0. The molecule has 0 bridgehead atoms. The van der Waals surface area contributed by atoms with Crippen molar-refractivity contribution in [1.29, 1.82) is 0 Å². The fourth-order valence-electron chi connectivity index (χ4n) is 0.260. The molecule has 0 aliphatic heterocycles. The second kappa shape index (κ2) is 4.43. The molecule has 0 rings (SSSR count). The minimum absolute atomic E-state index is 0.310. The van der Waals surface area contributed by atoms with Crippen molar-refractivity contribution < 1.29 is 5.11 Å². The second-order valence-electron chi connectivity index (χ2n) is 1.34. The maximum absolute atomic E-state index is 8.71. The van der Waals surface area contributed by atoms with Crippen molar-refractivity contribution in [3.05, 3.63) is 0 Å². The summed E-state index contributed by atoms with van der Waals surface area (Å²) >= 11 is 1.60. The highest BCUT2D eigenvalue weighted by molar-refractivity contribution is 7.98. The van der Waals surface area contributed by atoms with Crippen molar-refractivity contribution in [3.8, 4) is 0 Å². The minimum Gasteiger partial charge on any atom is -0.391 e. The average molecular weight is 121 g/mol. The third kappa shape index (κ3) is 4.12. The summed E-state index contributed by atoms with van der Waals surface area (Å²) in [5.41, 5.74) is 5.09. The summed E-state index contributed by atoms with van der Waals surface area (Å²) < 4.78 is 0. The number of aliphatic hydroxyl groups excluding tert-OH is 1. The Labute approximate surface area is 48.1 Å². The maximum Gasteiger partial charge on any atom is 0.0752 e. The number of aliphatic hydroxyl groups is 1. The Balaban J connectivity index is 2.83. The van der Waals surface area contributed by atoms with E-state index in [0.29, 0.717) is 6.54 Å². The number of hydrogen-bond donors (Lipinski definition) is 2. The zero-order valence-corrected chi connectivity index (χ0v) is 5.24. The van der Waals surface area contributed by atoms with Gasteiger partial charge in [-0.25, -0.2) is 0 Å². The Morgan fingerprint density at radius 1 is 1.86 bits per heavy atom. The fraction of sp³-hybridized carbons (Fsp3) is 1.00. The molecule has 0 aromatic carbocycles. The Hall–Kier alpha value is 0.270. The quantitative estimate of drug-likeness (QED) is 0.537. The summed E-state index contributed by atoms with van der Waals surface area (Å²) in [6.07, 6.45) is 1.63. The van der Waals surface area contributed by atoms with E-state index >= 15 is 0 Å². The van der Waals surface area contributed by atoms with Crippen LogP contribution in [0.3, 0.4) is 0 Å². The molecule has 2 nitrogen and oxygen atoms in total. The van der Waals surface area contributed by atoms with E-state index in [4.69, 9.17) is 10.8 Å². The van der Waals surface area contributed by atoms with Gasteiger partial charge in [0, 0.05) is 12.3 Å². The lowest BCUT2D eigenvalue weighted by Crippen LogP contribution is -2.21. The molecule has 3 N–H and O–H groups in total. The first kappa shape index (κ1) is 7.27. The minimum atomic E-state index is -0.310. The number of thioether (sulfide) groups is 1. The first-order chi connectivity index (χ1) is 3.31. The van der Waals surface area contributed by atoms with Crippen LogP contribution in [-0.4, -0.2) is 29.8 Å². The van der Waals surface area contributed by atoms with Gasteiger partial charge in [0.1, 0.15) is 0 Å². The van der Waals surface area contributed by atoms with E-state index in [9.17, 15) is 0 Å². The maximum atomic E-state index is 8.71. The van der Waals surface area contributed by atoms with Gasteiger partial charge < -0.3 is 10.8 Å². The molecule has 0 saturated carbocycles. The van der Waals surface area contributed by atoms with E-state index in [2.05, 4.69) is 0 Å². The first-order valence-corrected chi connectivity index (χ1v) is 3.57. The highest BCUT2D eigenvalue weighted by Gasteiger charge is 1.95. The van der Waals surface area contributed by atoms with Crippen LogP contribution in [0.1, 0.15) is 0 Å². The van der Waals surface area contributed by atoms with Gasteiger partial charge in [0.05, 0.1) is 6.10 Å². The largest absolute Gasteiger partial charge is 0.391 e. The molecule has 0 aromatic rings. The van der Waals surface area contributed by atoms with Crippen LogP contribution in [0.5, 0.6) is 0 Å². The zero-order chi connectivity index (χ0) is 5.70. The highest BCUT2D eigenvalue weighted by Crippen LogP contribution is 1.93. The van der Waals surface area contributed by atoms with E-state index < -0.39 is 0 Å². The Morgan fingerprint density at radius 3 is 2.57 bits per heavy atom. The Morgan fingerprint density at radius 2 is 2.43 bits per heavy atom. The summed E-state index contributed by atoms with van der Waals surface area (Å²) in [5, 5.41) is 8.71. The van der Waals surface area contributed by atoms with Gasteiger partial charge in [-0.2, -0.15) is 11.8 Å². The molecule has 0 saturated heterocycles. The monoisotopic (exact) mass is 121 g/mol. The van der Waals surface area contributed by atoms with Crippen LogP contribution in [0.25, 0.3) is 0 Å². The van der Waals surface area contributed by atoms with Crippen molar-refractivity contribution in [1.82, 2.24) is 0 Å².